The van der Waals surface area contributed by atoms with Gasteiger partial charge in [-0.25, -0.2) is 9.78 Å². The van der Waals surface area contributed by atoms with Gasteiger partial charge in [-0.05, 0) is 56.0 Å². The monoisotopic (exact) mass is 350 g/mol. The summed E-state index contributed by atoms with van der Waals surface area (Å²) in [5, 5.41) is 0.0869. The van der Waals surface area contributed by atoms with E-state index < -0.39 is 0 Å². The molecule has 0 radical (unpaired) electrons. The quantitative estimate of drug-likeness (QED) is 0.677. The lowest BCUT2D eigenvalue weighted by molar-refractivity contribution is -0.157. The van der Waals surface area contributed by atoms with Crippen LogP contribution in [0.15, 0.2) is 11.0 Å². The lowest BCUT2D eigenvalue weighted by Gasteiger charge is -2.47. The normalized spacial score (nSPS) is 29.1. The van der Waals surface area contributed by atoms with Crippen molar-refractivity contribution in [3.8, 4) is 0 Å². The summed E-state index contributed by atoms with van der Waals surface area (Å²) >= 11 is 5.92. The third-order valence-electron chi connectivity index (χ3n) is 5.46. The van der Waals surface area contributed by atoms with Gasteiger partial charge < -0.3 is 9.72 Å². The number of H-pyrrole nitrogens is 1. The van der Waals surface area contributed by atoms with Crippen LogP contribution in [0.5, 0.6) is 0 Å². The molecule has 0 saturated heterocycles. The summed E-state index contributed by atoms with van der Waals surface area (Å²) in [5.74, 6) is 0.0178. The zero-order chi connectivity index (χ0) is 16.8. The number of carbonyl (C=O) groups is 1. The molecule has 2 aromatic rings. The van der Waals surface area contributed by atoms with E-state index in [-0.39, 0.29) is 40.7 Å². The van der Waals surface area contributed by atoms with Crippen LogP contribution in [-0.2, 0) is 9.53 Å². The van der Waals surface area contributed by atoms with Crippen LogP contribution in [0.4, 0.5) is 0 Å². The molecule has 2 bridgehead atoms. The molecule has 2 atom stereocenters. The smallest absolute Gasteiger partial charge is 0.328 e. The highest BCUT2D eigenvalue weighted by Crippen LogP contribution is 2.51. The highest BCUT2D eigenvalue weighted by Gasteiger charge is 2.49. The summed E-state index contributed by atoms with van der Waals surface area (Å²) in [4.78, 5) is 36.1. The number of fused-ring (bicyclic) bond motifs is 4. The Hall–Kier alpha value is -1.89. The Labute approximate surface area is 143 Å². The minimum Gasteiger partial charge on any atom is -0.466 e. The van der Waals surface area contributed by atoms with Crippen LogP contribution in [-0.4, -0.2) is 32.1 Å². The maximum Gasteiger partial charge on any atom is 0.328 e. The van der Waals surface area contributed by atoms with Crippen molar-refractivity contribution >= 4 is 28.7 Å². The Morgan fingerprint density at radius 3 is 2.79 bits per heavy atom. The second-order valence-corrected chi connectivity index (χ2v) is 6.96. The number of nitrogens with one attached hydrogen (secondary N) is 1. The highest BCUT2D eigenvalue weighted by atomic mass is 35.5. The second kappa shape index (κ2) is 5.88. The number of imidazole rings is 1. The van der Waals surface area contributed by atoms with Gasteiger partial charge in [0.15, 0.2) is 5.65 Å². The van der Waals surface area contributed by atoms with Crippen molar-refractivity contribution in [1.82, 2.24) is 19.5 Å². The van der Waals surface area contributed by atoms with Crippen molar-refractivity contribution in [3.63, 3.8) is 0 Å². The molecule has 0 spiro atoms. The number of hydrogen-bond donors (Lipinski definition) is 1. The Morgan fingerprint density at radius 2 is 2.08 bits per heavy atom. The molecule has 3 aliphatic rings. The van der Waals surface area contributed by atoms with Gasteiger partial charge in [0.05, 0.1) is 24.8 Å². The van der Waals surface area contributed by atoms with Gasteiger partial charge in [0.1, 0.15) is 5.52 Å². The van der Waals surface area contributed by atoms with Crippen LogP contribution in [0.25, 0.3) is 11.2 Å². The minimum atomic E-state index is -0.303. The summed E-state index contributed by atoms with van der Waals surface area (Å²) < 4.78 is 6.93. The van der Waals surface area contributed by atoms with Crippen LogP contribution in [0.1, 0.15) is 38.6 Å². The maximum atomic E-state index is 12.6. The minimum absolute atomic E-state index is 0.0869. The summed E-state index contributed by atoms with van der Waals surface area (Å²) in [7, 11) is 0. The first kappa shape index (κ1) is 15.6. The van der Waals surface area contributed by atoms with Crippen LogP contribution in [0.3, 0.4) is 0 Å². The van der Waals surface area contributed by atoms with E-state index in [1.807, 2.05) is 0 Å². The fourth-order valence-electron chi connectivity index (χ4n) is 4.53. The van der Waals surface area contributed by atoms with Gasteiger partial charge >= 0.3 is 11.7 Å². The van der Waals surface area contributed by atoms with E-state index >= 15 is 0 Å². The predicted molar refractivity (Wildman–Crippen MR) is 87.8 cm³/mol. The molecule has 1 N–H and O–H groups in total. The number of rotatable bonds is 3. The van der Waals surface area contributed by atoms with Crippen LogP contribution in [0, 0.1) is 17.8 Å². The highest BCUT2D eigenvalue weighted by molar-refractivity contribution is 6.28. The molecular weight excluding hydrogens is 332 g/mol. The third kappa shape index (κ3) is 2.33. The molecule has 3 aliphatic carbocycles. The first-order valence-corrected chi connectivity index (χ1v) is 8.77. The maximum absolute atomic E-state index is 12.6. The lowest BCUT2D eigenvalue weighted by Crippen LogP contribution is -2.47. The van der Waals surface area contributed by atoms with Gasteiger partial charge in [0, 0.05) is 0 Å². The number of esters is 1. The van der Waals surface area contributed by atoms with Gasteiger partial charge in [-0.2, -0.15) is 4.98 Å². The summed E-state index contributed by atoms with van der Waals surface area (Å²) in [6, 6.07) is -0.233. The number of nitrogens with zero attached hydrogens (tertiary/aromatic N) is 3. The SMILES string of the molecule is CCOC(=O)[C@H]1C2CCC(CC2)[C@@H]1n1c(=O)[nH]c2cnc(Cl)nc21. The van der Waals surface area contributed by atoms with Crippen LogP contribution < -0.4 is 5.69 Å². The van der Waals surface area contributed by atoms with Crippen molar-refractivity contribution in [2.45, 2.75) is 38.6 Å². The molecular formula is C16H19ClN4O3. The van der Waals surface area contributed by atoms with E-state index in [2.05, 4.69) is 15.0 Å². The average Bonchev–Trinajstić information content (AvgIpc) is 2.90. The molecule has 2 heterocycles. The van der Waals surface area contributed by atoms with Gasteiger partial charge in [-0.15, -0.1) is 0 Å². The fourth-order valence-corrected chi connectivity index (χ4v) is 4.66. The second-order valence-electron chi connectivity index (χ2n) is 6.62. The van der Waals surface area contributed by atoms with Crippen molar-refractivity contribution in [3.05, 3.63) is 22.0 Å². The van der Waals surface area contributed by atoms with Crippen molar-refractivity contribution in [2.75, 3.05) is 6.61 Å². The Bertz CT molecular complexity index is 837. The molecule has 0 aromatic carbocycles. The van der Waals surface area contributed by atoms with E-state index in [4.69, 9.17) is 16.3 Å². The van der Waals surface area contributed by atoms with Gasteiger partial charge in [-0.3, -0.25) is 9.36 Å². The molecule has 0 unspecified atom stereocenters. The van der Waals surface area contributed by atoms with E-state index in [0.717, 1.165) is 25.7 Å². The topological polar surface area (TPSA) is 89.9 Å². The number of hydrogen-bond acceptors (Lipinski definition) is 5. The number of ether oxygens (including phenoxy) is 1. The Balaban J connectivity index is 1.86. The molecule has 0 aliphatic heterocycles. The molecule has 24 heavy (non-hydrogen) atoms. The first-order chi connectivity index (χ1) is 11.6. The molecule has 3 saturated carbocycles. The van der Waals surface area contributed by atoms with E-state index in [1.54, 1.807) is 11.5 Å². The summed E-state index contributed by atoms with van der Waals surface area (Å²) in [5.41, 5.74) is 0.730. The van der Waals surface area contributed by atoms with E-state index in [0.29, 0.717) is 17.8 Å². The van der Waals surface area contributed by atoms with Crippen LogP contribution in [0.2, 0.25) is 5.28 Å². The molecule has 0 amide bonds. The zero-order valence-corrected chi connectivity index (χ0v) is 14.1. The first-order valence-electron chi connectivity index (χ1n) is 8.39. The molecule has 5 rings (SSSR count). The largest absolute Gasteiger partial charge is 0.466 e. The molecule has 3 fully saturated rings. The number of halogens is 1. The average molecular weight is 351 g/mol. The molecule has 2 aromatic heterocycles. The standard InChI is InChI=1S/C16H19ClN4O3/c1-2-24-14(22)11-8-3-5-9(6-4-8)12(11)21-13-10(19-16(21)23)7-18-15(17)20-13/h7-9,11-12H,2-6H2,1H3,(H,19,23)/t8?,9?,11-,12-/m0/s1. The summed E-state index contributed by atoms with van der Waals surface area (Å²) in [6.45, 7) is 2.15. The fraction of sp³-hybridized carbons (Fsp3) is 0.625. The van der Waals surface area contributed by atoms with E-state index in [1.165, 1.54) is 6.20 Å². The Morgan fingerprint density at radius 1 is 1.38 bits per heavy atom. The van der Waals surface area contributed by atoms with Gasteiger partial charge in [0.2, 0.25) is 5.28 Å². The lowest BCUT2D eigenvalue weighted by atomic mass is 9.61. The number of aromatic nitrogens is 4. The van der Waals surface area contributed by atoms with Crippen molar-refractivity contribution < 1.29 is 9.53 Å². The predicted octanol–water partition coefficient (Wildman–Crippen LogP) is 2.31. The van der Waals surface area contributed by atoms with Crippen molar-refractivity contribution in [2.24, 2.45) is 17.8 Å². The molecule has 7 nitrogen and oxygen atoms in total. The molecule has 8 heteroatoms. The third-order valence-corrected chi connectivity index (χ3v) is 5.64. The van der Waals surface area contributed by atoms with Crippen LogP contribution >= 0.6 is 11.6 Å². The van der Waals surface area contributed by atoms with Gasteiger partial charge in [0.25, 0.3) is 0 Å². The molecule has 128 valence electrons. The van der Waals surface area contributed by atoms with E-state index in [9.17, 15) is 9.59 Å². The number of carbonyl (C=O) groups excluding carboxylic acids is 1. The Kier molecular flexibility index (Phi) is 3.83. The summed E-state index contributed by atoms with van der Waals surface area (Å²) in [6.07, 6.45) is 5.56. The van der Waals surface area contributed by atoms with Crippen molar-refractivity contribution in [1.29, 1.82) is 0 Å². The van der Waals surface area contributed by atoms with Gasteiger partial charge in [-0.1, -0.05) is 0 Å². The zero-order valence-electron chi connectivity index (χ0n) is 13.4. The number of aromatic amines is 1.